The standard InChI is InChI=1S/C89H108N6O6P2/c1-54(2)66-33-25-34-67(55(3)4)82(66)90-88(102(98)80-43-23-19-31-76(80)74-29-17-21-41-78(74)100-102)92(86(96)94(88)84-70(58(9)10)37-27-38-71(84)59(11)12)64-49-45-62(46-50-64)53-63-47-51-65(52-48-63)93-87(97)95(85-72(60(13)14)39-28-40-73(85)61(15)16)89(93,91-83-68(56(5)6)35-26-36-69(83)57(7)8)103(99)81-44-24-20-32-77(81)75-30-18-22-42-79(75)101-103/h17-44,54-65,90-91H,45-53H2,1-16H3. The molecule has 12 nitrogen and oxygen atoms in total. The van der Waals surface area contributed by atoms with Crippen LogP contribution in [0.25, 0.3) is 22.3 Å². The molecule has 4 fully saturated rings. The second-order valence-electron chi connectivity index (χ2n) is 32.8. The molecule has 14 heteroatoms. The summed E-state index contributed by atoms with van der Waals surface area (Å²) in [5, 5.41) is 9.60. The van der Waals surface area contributed by atoms with Crippen LogP contribution >= 0.6 is 14.7 Å². The Morgan fingerprint density at radius 2 is 0.612 bits per heavy atom. The first-order chi connectivity index (χ1) is 49.3. The minimum atomic E-state index is -4.34. The van der Waals surface area contributed by atoms with Crippen molar-refractivity contribution in [2.45, 2.75) is 239 Å². The smallest absolute Gasteiger partial charge is 0.344 e. The third-order valence-electron chi connectivity index (χ3n) is 23.7. The van der Waals surface area contributed by atoms with Gasteiger partial charge in [0.2, 0.25) is 0 Å². The van der Waals surface area contributed by atoms with E-state index in [1.807, 2.05) is 105 Å². The van der Waals surface area contributed by atoms with Crippen LogP contribution in [0.1, 0.15) is 260 Å². The molecule has 2 N–H and O–H groups in total. The van der Waals surface area contributed by atoms with Gasteiger partial charge in [0.25, 0.3) is 11.1 Å². The van der Waals surface area contributed by atoms with Crippen LogP contribution in [0.15, 0.2) is 170 Å². The van der Waals surface area contributed by atoms with Crippen molar-refractivity contribution in [3.63, 3.8) is 0 Å². The van der Waals surface area contributed by atoms with E-state index in [4.69, 9.17) is 9.05 Å². The molecule has 4 aliphatic heterocycles. The van der Waals surface area contributed by atoms with Crippen molar-refractivity contribution >= 4 is 60.2 Å². The predicted molar refractivity (Wildman–Crippen MR) is 426 cm³/mol. The summed E-state index contributed by atoms with van der Waals surface area (Å²) in [6.07, 6.45) is 7.37. The maximum absolute atomic E-state index is 18.1. The van der Waals surface area contributed by atoms with Crippen LogP contribution in [-0.4, -0.2) is 45.0 Å². The topological polar surface area (TPSA) is 124 Å². The summed E-state index contributed by atoms with van der Waals surface area (Å²) in [6.45, 7) is 35.2. The number of nitrogens with zero attached hydrogens (tertiary/aromatic N) is 4. The lowest BCUT2D eigenvalue weighted by Gasteiger charge is -2.65. The zero-order chi connectivity index (χ0) is 72.9. The van der Waals surface area contributed by atoms with Crippen molar-refractivity contribution in [1.29, 1.82) is 0 Å². The van der Waals surface area contributed by atoms with Crippen LogP contribution in [0, 0.1) is 11.8 Å². The summed E-state index contributed by atoms with van der Waals surface area (Å²) in [4.78, 5) is 41.0. The fourth-order valence-corrected chi connectivity index (χ4v) is 24.5. The van der Waals surface area contributed by atoms with Crippen LogP contribution < -0.4 is 40.1 Å². The maximum Gasteiger partial charge on any atom is 0.344 e. The van der Waals surface area contributed by atoms with Gasteiger partial charge in [0.05, 0.1) is 22.0 Å². The Morgan fingerprint density at radius 3 is 0.903 bits per heavy atom. The molecule has 2 aliphatic carbocycles. The highest BCUT2D eigenvalue weighted by molar-refractivity contribution is 7.70. The number of fused-ring (bicyclic) bond motifs is 6. The molecule has 4 amide bonds. The number of anilines is 4. The lowest BCUT2D eigenvalue weighted by Crippen LogP contribution is -2.84. The molecule has 6 aliphatic rings. The molecule has 103 heavy (non-hydrogen) atoms. The molecule has 0 radical (unpaired) electrons. The number of nitrogens with one attached hydrogen (secondary N) is 2. The zero-order valence-electron chi connectivity index (χ0n) is 63.6. The summed E-state index contributed by atoms with van der Waals surface area (Å²) in [5.41, 5.74) is 11.7. The molecule has 4 heterocycles. The van der Waals surface area contributed by atoms with Gasteiger partial charge in [-0.2, -0.15) is 0 Å². The predicted octanol–water partition coefficient (Wildman–Crippen LogP) is 24.1. The van der Waals surface area contributed by atoms with Crippen LogP contribution in [-0.2, 0) is 9.13 Å². The van der Waals surface area contributed by atoms with Crippen LogP contribution in [0.2, 0.25) is 0 Å². The van der Waals surface area contributed by atoms with Crippen molar-refractivity contribution < 1.29 is 27.8 Å². The van der Waals surface area contributed by atoms with Gasteiger partial charge in [-0.05, 0) is 197 Å². The third kappa shape index (κ3) is 11.6. The fraction of sp³-hybridized carbons (Fsp3) is 0.438. The number of carbonyl (C=O) groups is 2. The molecule has 0 spiro atoms. The maximum atomic E-state index is 18.1. The third-order valence-corrected chi connectivity index (χ3v) is 29.3. The first kappa shape index (κ1) is 71.9. The SMILES string of the molecule is CC(C)c1cccc(C(C)C)c1NC1(P2(=O)Oc3ccccc3-c3ccccc32)N(c2c(C(C)C)cccc2C(C)C)C(=O)N1C1CCC(CC2CCC(N3C(=O)N(c4c(C(C)C)cccc4C(C)C)C3(Nc3c(C(C)C)cccc3C(C)C)P3(=O)Oc4ccccc4-c4ccccc43)CC2)CC1. The molecule has 4 unspecified atom stereocenters. The average molecular weight is 1420 g/mol. The Labute approximate surface area is 613 Å². The second kappa shape index (κ2) is 27.8. The van der Waals surface area contributed by atoms with Crippen molar-refractivity contribution in [2.75, 3.05) is 20.4 Å². The van der Waals surface area contributed by atoms with Gasteiger partial charge in [0, 0.05) is 34.6 Å². The Balaban J connectivity index is 0.836. The van der Waals surface area contributed by atoms with Gasteiger partial charge in [0.1, 0.15) is 11.5 Å². The fourth-order valence-electron chi connectivity index (χ4n) is 18.4. The molecule has 8 aromatic rings. The van der Waals surface area contributed by atoms with Crippen LogP contribution in [0.3, 0.4) is 0 Å². The van der Waals surface area contributed by atoms with Gasteiger partial charge in [-0.25, -0.2) is 19.4 Å². The first-order valence-electron chi connectivity index (χ1n) is 38.6. The molecular formula is C89H108N6O6P2. The second-order valence-corrected chi connectivity index (χ2v) is 37.6. The minimum absolute atomic E-state index is 0.0242. The zero-order valence-corrected chi connectivity index (χ0v) is 65.4. The van der Waals surface area contributed by atoms with Gasteiger partial charge in [-0.3, -0.25) is 18.9 Å². The van der Waals surface area contributed by atoms with Crippen molar-refractivity contribution in [3.05, 3.63) is 214 Å². The largest absolute Gasteiger partial charge is 0.435 e. The van der Waals surface area contributed by atoms with E-state index in [0.29, 0.717) is 59.6 Å². The number of benzene rings is 8. The van der Waals surface area contributed by atoms with E-state index in [-0.39, 0.29) is 71.5 Å². The summed E-state index contributed by atoms with van der Waals surface area (Å²) in [7, 11) is -8.69. The van der Waals surface area contributed by atoms with Crippen molar-refractivity contribution in [2.24, 2.45) is 11.8 Å². The highest BCUT2D eigenvalue weighted by Crippen LogP contribution is 2.73. The van der Waals surface area contributed by atoms with Crippen LogP contribution in [0.5, 0.6) is 11.5 Å². The Bertz CT molecular complexity index is 4260. The van der Waals surface area contributed by atoms with E-state index in [1.165, 1.54) is 0 Å². The van der Waals surface area contributed by atoms with E-state index in [2.05, 4.69) is 206 Å². The lowest BCUT2D eigenvalue weighted by molar-refractivity contribution is 0.0477. The Kier molecular flexibility index (Phi) is 19.4. The summed E-state index contributed by atoms with van der Waals surface area (Å²) in [5.74, 6) is 2.21. The molecular weight excluding hydrogens is 1310 g/mol. The Hall–Kier alpha value is -8.04. The van der Waals surface area contributed by atoms with E-state index < -0.39 is 25.8 Å². The highest BCUT2D eigenvalue weighted by Gasteiger charge is 2.76. The molecule has 4 atom stereocenters. The number of carbonyl (C=O) groups excluding carboxylic acids is 2. The minimum Gasteiger partial charge on any atom is -0.435 e. The van der Waals surface area contributed by atoms with Gasteiger partial charge < -0.3 is 19.7 Å². The summed E-state index contributed by atoms with van der Waals surface area (Å²) in [6, 6.07) is 56.8. The van der Waals surface area contributed by atoms with Crippen molar-refractivity contribution in [1.82, 2.24) is 9.80 Å². The molecule has 2 saturated carbocycles. The molecule has 0 aromatic heterocycles. The van der Waals surface area contributed by atoms with E-state index in [1.54, 1.807) is 0 Å². The van der Waals surface area contributed by atoms with E-state index in [0.717, 1.165) is 122 Å². The highest BCUT2D eigenvalue weighted by atomic mass is 31.2. The molecule has 8 aromatic carbocycles. The first-order valence-corrected chi connectivity index (χ1v) is 41.9. The number of hydrogen-bond donors (Lipinski definition) is 2. The average Bonchev–Trinajstić information content (AvgIpc) is 0.667. The number of amides is 4. The Morgan fingerprint density at radius 1 is 0.350 bits per heavy atom. The number of rotatable bonds is 20. The number of urea groups is 2. The van der Waals surface area contributed by atoms with Crippen LogP contribution in [0.4, 0.5) is 32.3 Å². The molecule has 0 bridgehead atoms. The molecule has 540 valence electrons. The quantitative estimate of drug-likeness (QED) is 0.0723. The van der Waals surface area contributed by atoms with Gasteiger partial charge in [-0.1, -0.05) is 256 Å². The van der Waals surface area contributed by atoms with Gasteiger partial charge >= 0.3 is 26.8 Å². The molecule has 2 saturated heterocycles. The number of hydrogen-bond acceptors (Lipinski definition) is 8. The molecule has 14 rings (SSSR count). The number of para-hydroxylation sites is 6. The van der Waals surface area contributed by atoms with E-state index in [9.17, 15) is 0 Å². The summed E-state index contributed by atoms with van der Waals surface area (Å²) >= 11 is 0. The van der Waals surface area contributed by atoms with E-state index >= 15 is 18.7 Å². The lowest BCUT2D eigenvalue weighted by atomic mass is 9.75. The van der Waals surface area contributed by atoms with Gasteiger partial charge in [-0.15, -0.1) is 0 Å². The van der Waals surface area contributed by atoms with Gasteiger partial charge in [0.15, 0.2) is 0 Å². The van der Waals surface area contributed by atoms with Crippen molar-refractivity contribution in [3.8, 4) is 33.8 Å². The monoisotopic (exact) mass is 1420 g/mol. The normalized spacial score (nSPS) is 24.5. The summed E-state index contributed by atoms with van der Waals surface area (Å²) < 4.78 is 51.0.